The first-order chi connectivity index (χ1) is 11.1. The molecule has 0 atom stereocenters. The molecule has 0 unspecified atom stereocenters. The Labute approximate surface area is 146 Å². The summed E-state index contributed by atoms with van der Waals surface area (Å²) in [6.45, 7) is 1.69. The molecule has 4 nitrogen and oxygen atoms in total. The molecular formula is C18H13IO4. The molecule has 2 aromatic carbocycles. The molecule has 0 aliphatic heterocycles. The molecule has 23 heavy (non-hydrogen) atoms. The molecule has 3 rings (SSSR count). The highest BCUT2D eigenvalue weighted by atomic mass is 127. The molecule has 0 N–H and O–H groups in total. The standard InChI is InChI=1S/C18H13IO4/c1-11-8-12-6-7-14(9-16(12)23-17(11)20)22-18(21)15-5-3-2-4-13(15)10-19/h2-9H,10H2,1H3. The minimum atomic E-state index is -0.425. The van der Waals surface area contributed by atoms with Crippen LogP contribution in [0.3, 0.4) is 0 Å². The van der Waals surface area contributed by atoms with Gasteiger partial charge >= 0.3 is 11.6 Å². The fourth-order valence-electron chi connectivity index (χ4n) is 2.26. The normalized spacial score (nSPS) is 10.7. The van der Waals surface area contributed by atoms with Crippen LogP contribution < -0.4 is 10.4 Å². The number of aryl methyl sites for hydroxylation is 1. The highest BCUT2D eigenvalue weighted by Gasteiger charge is 2.13. The zero-order chi connectivity index (χ0) is 16.4. The summed E-state index contributed by atoms with van der Waals surface area (Å²) in [4.78, 5) is 23.9. The number of alkyl halides is 1. The lowest BCUT2D eigenvalue weighted by atomic mass is 10.1. The average molecular weight is 420 g/mol. The third-order valence-corrected chi connectivity index (χ3v) is 4.30. The molecule has 5 heteroatoms. The van der Waals surface area contributed by atoms with E-state index < -0.39 is 11.6 Å². The second-order valence-electron chi connectivity index (χ2n) is 5.10. The van der Waals surface area contributed by atoms with Gasteiger partial charge in [-0.2, -0.15) is 0 Å². The molecule has 0 bridgehead atoms. The molecule has 3 aromatic rings. The molecule has 1 aromatic heterocycles. The smallest absolute Gasteiger partial charge is 0.343 e. The van der Waals surface area contributed by atoms with E-state index in [9.17, 15) is 9.59 Å². The van der Waals surface area contributed by atoms with Crippen molar-refractivity contribution >= 4 is 39.5 Å². The Bertz CT molecular complexity index is 943. The zero-order valence-electron chi connectivity index (χ0n) is 12.3. The van der Waals surface area contributed by atoms with Crippen molar-refractivity contribution in [2.75, 3.05) is 0 Å². The van der Waals surface area contributed by atoms with Crippen molar-refractivity contribution in [3.05, 3.63) is 75.6 Å². The van der Waals surface area contributed by atoms with Gasteiger partial charge in [-0.05, 0) is 36.8 Å². The van der Waals surface area contributed by atoms with Gasteiger partial charge in [-0.3, -0.25) is 0 Å². The van der Waals surface area contributed by atoms with Gasteiger partial charge in [0.25, 0.3) is 0 Å². The van der Waals surface area contributed by atoms with E-state index in [4.69, 9.17) is 9.15 Å². The molecule has 0 fully saturated rings. The second-order valence-corrected chi connectivity index (χ2v) is 5.86. The van der Waals surface area contributed by atoms with Crippen LogP contribution in [0.1, 0.15) is 21.5 Å². The number of carbonyl (C=O) groups is 1. The molecule has 0 aliphatic carbocycles. The summed E-state index contributed by atoms with van der Waals surface area (Å²) in [5.74, 6) is -0.0798. The predicted molar refractivity (Wildman–Crippen MR) is 96.3 cm³/mol. The second kappa shape index (κ2) is 6.54. The maximum absolute atomic E-state index is 12.3. The number of carbonyl (C=O) groups excluding carboxylic acids is 1. The number of rotatable bonds is 3. The van der Waals surface area contributed by atoms with Gasteiger partial charge in [0, 0.05) is 21.4 Å². The first-order valence-corrected chi connectivity index (χ1v) is 8.51. The summed E-state index contributed by atoms with van der Waals surface area (Å²) in [5, 5.41) is 0.787. The molecule has 1 heterocycles. The van der Waals surface area contributed by atoms with Crippen LogP contribution in [0.2, 0.25) is 0 Å². The molecule has 0 aliphatic rings. The third kappa shape index (κ3) is 3.29. The lowest BCUT2D eigenvalue weighted by Crippen LogP contribution is -2.11. The van der Waals surface area contributed by atoms with Gasteiger partial charge in [0.05, 0.1) is 5.56 Å². The summed E-state index contributed by atoms with van der Waals surface area (Å²) in [7, 11) is 0. The summed E-state index contributed by atoms with van der Waals surface area (Å²) in [6.07, 6.45) is 0. The topological polar surface area (TPSA) is 56.5 Å². The fraction of sp³-hybridized carbons (Fsp3) is 0.111. The van der Waals surface area contributed by atoms with Gasteiger partial charge in [-0.1, -0.05) is 40.8 Å². The fourth-order valence-corrected chi connectivity index (χ4v) is 2.92. The first-order valence-electron chi connectivity index (χ1n) is 6.99. The van der Waals surface area contributed by atoms with E-state index in [1.807, 2.05) is 12.1 Å². The Kier molecular flexibility index (Phi) is 4.47. The number of esters is 1. The van der Waals surface area contributed by atoms with Crippen molar-refractivity contribution in [2.45, 2.75) is 11.4 Å². The number of fused-ring (bicyclic) bond motifs is 1. The Morgan fingerprint density at radius 2 is 1.96 bits per heavy atom. The number of benzene rings is 2. The minimum absolute atomic E-state index is 0.345. The molecule has 116 valence electrons. The van der Waals surface area contributed by atoms with E-state index in [0.29, 0.717) is 22.5 Å². The number of halogens is 1. The van der Waals surface area contributed by atoms with Gasteiger partial charge in [-0.15, -0.1) is 0 Å². The van der Waals surface area contributed by atoms with Gasteiger partial charge in [0.15, 0.2) is 0 Å². The summed E-state index contributed by atoms with van der Waals surface area (Å²) in [6, 6.07) is 14.1. The number of hydrogen-bond acceptors (Lipinski definition) is 4. The van der Waals surface area contributed by atoms with Crippen molar-refractivity contribution in [2.24, 2.45) is 0 Å². The Balaban J connectivity index is 1.93. The quantitative estimate of drug-likeness (QED) is 0.209. The van der Waals surface area contributed by atoms with E-state index in [-0.39, 0.29) is 0 Å². The van der Waals surface area contributed by atoms with Gasteiger partial charge in [0.1, 0.15) is 11.3 Å². The lowest BCUT2D eigenvalue weighted by molar-refractivity contribution is 0.0734. The molecule has 0 amide bonds. The van der Waals surface area contributed by atoms with Crippen molar-refractivity contribution < 1.29 is 13.9 Å². The maximum atomic E-state index is 12.3. The maximum Gasteiger partial charge on any atom is 0.343 e. The Morgan fingerprint density at radius 1 is 1.17 bits per heavy atom. The van der Waals surface area contributed by atoms with Crippen LogP contribution in [0, 0.1) is 6.92 Å². The molecular weight excluding hydrogens is 407 g/mol. The largest absolute Gasteiger partial charge is 0.423 e. The van der Waals surface area contributed by atoms with Crippen LogP contribution in [-0.2, 0) is 4.43 Å². The van der Waals surface area contributed by atoms with Gasteiger partial charge in [-0.25, -0.2) is 9.59 Å². The average Bonchev–Trinajstić information content (AvgIpc) is 2.56. The van der Waals surface area contributed by atoms with E-state index >= 15 is 0 Å². The van der Waals surface area contributed by atoms with Gasteiger partial charge in [0.2, 0.25) is 0 Å². The van der Waals surface area contributed by atoms with E-state index in [0.717, 1.165) is 15.4 Å². The number of ether oxygens (including phenoxy) is 1. The van der Waals surface area contributed by atoms with Crippen molar-refractivity contribution in [3.8, 4) is 5.75 Å². The lowest BCUT2D eigenvalue weighted by Gasteiger charge is -2.08. The monoisotopic (exact) mass is 420 g/mol. The van der Waals surface area contributed by atoms with Crippen LogP contribution in [0.15, 0.2) is 57.7 Å². The van der Waals surface area contributed by atoms with Crippen LogP contribution in [0.5, 0.6) is 5.75 Å². The highest BCUT2D eigenvalue weighted by molar-refractivity contribution is 14.1. The molecule has 0 saturated carbocycles. The summed E-state index contributed by atoms with van der Waals surface area (Å²) >= 11 is 2.20. The van der Waals surface area contributed by atoms with E-state index in [1.54, 1.807) is 43.3 Å². The van der Waals surface area contributed by atoms with Crippen LogP contribution in [0.25, 0.3) is 11.0 Å². The Morgan fingerprint density at radius 3 is 2.74 bits per heavy atom. The van der Waals surface area contributed by atoms with Gasteiger partial charge < -0.3 is 9.15 Å². The SMILES string of the molecule is Cc1cc2ccc(OC(=O)c3ccccc3CI)cc2oc1=O. The van der Waals surface area contributed by atoms with Crippen LogP contribution in [-0.4, -0.2) is 5.97 Å². The first kappa shape index (κ1) is 15.7. The zero-order valence-corrected chi connectivity index (χ0v) is 14.5. The van der Waals surface area contributed by atoms with Crippen molar-refractivity contribution in [3.63, 3.8) is 0 Å². The van der Waals surface area contributed by atoms with E-state index in [1.165, 1.54) is 0 Å². The van der Waals surface area contributed by atoms with Crippen LogP contribution in [0.4, 0.5) is 0 Å². The Hall–Kier alpha value is -2.15. The van der Waals surface area contributed by atoms with Crippen molar-refractivity contribution in [1.29, 1.82) is 0 Å². The molecule has 0 radical (unpaired) electrons. The van der Waals surface area contributed by atoms with Crippen LogP contribution >= 0.6 is 22.6 Å². The predicted octanol–water partition coefficient (Wildman–Crippen LogP) is 4.26. The van der Waals surface area contributed by atoms with Crippen molar-refractivity contribution in [1.82, 2.24) is 0 Å². The summed E-state index contributed by atoms with van der Waals surface area (Å²) in [5.41, 5.74) is 2.00. The number of hydrogen-bond donors (Lipinski definition) is 0. The minimum Gasteiger partial charge on any atom is -0.423 e. The highest BCUT2D eigenvalue weighted by Crippen LogP contribution is 2.22. The molecule has 0 saturated heterocycles. The molecule has 0 spiro atoms. The third-order valence-electron chi connectivity index (χ3n) is 3.47. The van der Waals surface area contributed by atoms with E-state index in [2.05, 4.69) is 22.6 Å². The summed E-state index contributed by atoms with van der Waals surface area (Å²) < 4.78 is 11.4.